The van der Waals surface area contributed by atoms with Gasteiger partial charge in [-0.25, -0.2) is 0 Å². The molecule has 0 amide bonds. The third kappa shape index (κ3) is 5.80. The van der Waals surface area contributed by atoms with Gasteiger partial charge in [0, 0.05) is 6.54 Å². The van der Waals surface area contributed by atoms with Gasteiger partial charge < -0.3 is 10.1 Å². The van der Waals surface area contributed by atoms with Crippen molar-refractivity contribution in [2.75, 3.05) is 6.54 Å². The molecule has 0 aliphatic carbocycles. The lowest BCUT2D eigenvalue weighted by atomic mass is 10.1. The number of nitrogens with one attached hydrogen (secondary N) is 1. The summed E-state index contributed by atoms with van der Waals surface area (Å²) in [7, 11) is 0. The van der Waals surface area contributed by atoms with Crippen LogP contribution in [0.25, 0.3) is 0 Å². The van der Waals surface area contributed by atoms with Crippen LogP contribution in [0.5, 0.6) is 0 Å². The monoisotopic (exact) mass is 155 g/mol. The minimum Gasteiger partial charge on any atom is -0.304 e. The molecule has 11 heavy (non-hydrogen) atoms. The maximum absolute atomic E-state index is 10.4. The molecule has 0 aliphatic rings. The second-order valence-corrected chi connectivity index (χ2v) is 3.07. The Kier molecular flexibility index (Phi) is 5.75. The van der Waals surface area contributed by atoms with Gasteiger partial charge in [-0.15, -0.1) is 6.58 Å². The van der Waals surface area contributed by atoms with E-state index in [2.05, 4.69) is 25.7 Å². The summed E-state index contributed by atoms with van der Waals surface area (Å²) in [5, 5.41) is 3.06. The molecule has 0 aromatic carbocycles. The molecule has 64 valence electrons. The van der Waals surface area contributed by atoms with Gasteiger partial charge >= 0.3 is 0 Å². The molecule has 0 heterocycles. The van der Waals surface area contributed by atoms with Crippen LogP contribution < -0.4 is 5.32 Å². The van der Waals surface area contributed by atoms with Crippen LogP contribution in [-0.4, -0.2) is 18.9 Å². The van der Waals surface area contributed by atoms with Crippen molar-refractivity contribution in [2.45, 2.75) is 26.3 Å². The first kappa shape index (κ1) is 10.4. The summed E-state index contributed by atoms with van der Waals surface area (Å²) in [6, 6.07) is -0.00648. The molecule has 0 unspecified atom stereocenters. The molecular formula is C9H17NO. The Hall–Kier alpha value is -0.630. The highest BCUT2D eigenvalue weighted by molar-refractivity contribution is 5.57. The minimum atomic E-state index is -0.00648. The standard InChI is InChI=1S/C9H17NO/c1-4-5-10-9(7-11)6-8(2)3/h4,7-10H,1,5-6H2,2-3H3/t9-/m0/s1. The van der Waals surface area contributed by atoms with Crippen LogP contribution >= 0.6 is 0 Å². The molecule has 1 atom stereocenters. The third-order valence-electron chi connectivity index (χ3n) is 1.41. The predicted molar refractivity (Wildman–Crippen MR) is 47.5 cm³/mol. The second kappa shape index (κ2) is 6.10. The zero-order valence-electron chi connectivity index (χ0n) is 7.34. The lowest BCUT2D eigenvalue weighted by Gasteiger charge is -2.12. The van der Waals surface area contributed by atoms with Crippen LogP contribution in [-0.2, 0) is 4.79 Å². The molecule has 0 aromatic heterocycles. The van der Waals surface area contributed by atoms with E-state index in [0.29, 0.717) is 12.5 Å². The van der Waals surface area contributed by atoms with Crippen molar-refractivity contribution in [3.63, 3.8) is 0 Å². The summed E-state index contributed by atoms with van der Waals surface area (Å²) in [5.41, 5.74) is 0. The molecule has 0 radical (unpaired) electrons. The summed E-state index contributed by atoms with van der Waals surface area (Å²) >= 11 is 0. The molecule has 0 aliphatic heterocycles. The van der Waals surface area contributed by atoms with Crippen molar-refractivity contribution in [1.29, 1.82) is 0 Å². The smallest absolute Gasteiger partial charge is 0.136 e. The molecule has 1 N–H and O–H groups in total. The summed E-state index contributed by atoms with van der Waals surface area (Å²) in [5.74, 6) is 0.558. The Balaban J connectivity index is 3.57. The molecule has 2 nitrogen and oxygen atoms in total. The van der Waals surface area contributed by atoms with Crippen molar-refractivity contribution >= 4 is 6.29 Å². The quantitative estimate of drug-likeness (QED) is 0.463. The van der Waals surface area contributed by atoms with Gasteiger partial charge in [0.1, 0.15) is 6.29 Å². The molecule has 0 saturated carbocycles. The van der Waals surface area contributed by atoms with Crippen LogP contribution in [0, 0.1) is 5.92 Å². The predicted octanol–water partition coefficient (Wildman–Crippen LogP) is 1.38. The SMILES string of the molecule is C=CCN[C@H](C=O)CC(C)C. The van der Waals surface area contributed by atoms with E-state index in [1.54, 1.807) is 6.08 Å². The maximum Gasteiger partial charge on any atom is 0.136 e. The number of hydrogen-bond donors (Lipinski definition) is 1. The molecule has 0 bridgehead atoms. The van der Waals surface area contributed by atoms with E-state index in [1.165, 1.54) is 0 Å². The topological polar surface area (TPSA) is 29.1 Å². The summed E-state index contributed by atoms with van der Waals surface area (Å²) in [6.07, 6.45) is 3.62. The lowest BCUT2D eigenvalue weighted by molar-refractivity contribution is -0.109. The summed E-state index contributed by atoms with van der Waals surface area (Å²) in [6.45, 7) is 8.48. The van der Waals surface area contributed by atoms with Crippen LogP contribution in [0.3, 0.4) is 0 Å². The van der Waals surface area contributed by atoms with Gasteiger partial charge in [0.05, 0.1) is 6.04 Å². The van der Waals surface area contributed by atoms with Gasteiger partial charge in [-0.3, -0.25) is 0 Å². The van der Waals surface area contributed by atoms with Crippen molar-refractivity contribution in [3.8, 4) is 0 Å². The van der Waals surface area contributed by atoms with Gasteiger partial charge in [-0.1, -0.05) is 19.9 Å². The number of aldehydes is 1. The summed E-state index contributed by atoms with van der Waals surface area (Å²) < 4.78 is 0. The van der Waals surface area contributed by atoms with Gasteiger partial charge in [0.15, 0.2) is 0 Å². The van der Waals surface area contributed by atoms with E-state index in [0.717, 1.165) is 12.7 Å². The van der Waals surface area contributed by atoms with Crippen LogP contribution in [0.4, 0.5) is 0 Å². The lowest BCUT2D eigenvalue weighted by Crippen LogP contribution is -2.31. The Labute approximate surface area is 68.7 Å². The minimum absolute atomic E-state index is 0.00648. The third-order valence-corrected chi connectivity index (χ3v) is 1.41. The molecule has 0 fully saturated rings. The first-order valence-corrected chi connectivity index (χ1v) is 4.00. The second-order valence-electron chi connectivity index (χ2n) is 3.07. The Morgan fingerprint density at radius 3 is 2.55 bits per heavy atom. The fourth-order valence-corrected chi connectivity index (χ4v) is 0.930. The van der Waals surface area contributed by atoms with Crippen molar-refractivity contribution < 1.29 is 4.79 Å². The molecule has 0 saturated heterocycles. The van der Waals surface area contributed by atoms with Crippen molar-refractivity contribution in [2.24, 2.45) is 5.92 Å². The fourth-order valence-electron chi connectivity index (χ4n) is 0.930. The van der Waals surface area contributed by atoms with Gasteiger partial charge in [0.25, 0.3) is 0 Å². The molecule has 2 heteroatoms. The molecule has 0 rings (SSSR count). The largest absolute Gasteiger partial charge is 0.304 e. The van der Waals surface area contributed by atoms with Crippen molar-refractivity contribution in [3.05, 3.63) is 12.7 Å². The van der Waals surface area contributed by atoms with Crippen LogP contribution in [0.1, 0.15) is 20.3 Å². The molecule has 0 aromatic rings. The van der Waals surface area contributed by atoms with Crippen molar-refractivity contribution in [1.82, 2.24) is 5.32 Å². The van der Waals surface area contributed by atoms with E-state index in [1.807, 2.05) is 0 Å². The highest BCUT2D eigenvalue weighted by atomic mass is 16.1. The van der Waals surface area contributed by atoms with E-state index >= 15 is 0 Å². The summed E-state index contributed by atoms with van der Waals surface area (Å²) in [4.78, 5) is 10.4. The number of rotatable bonds is 6. The van der Waals surface area contributed by atoms with E-state index in [4.69, 9.17) is 0 Å². The molecule has 0 spiro atoms. The van der Waals surface area contributed by atoms with Gasteiger partial charge in [0.2, 0.25) is 0 Å². The number of carbonyl (C=O) groups is 1. The average Bonchev–Trinajstić information content (AvgIpc) is 1.97. The van der Waals surface area contributed by atoms with Gasteiger partial charge in [-0.2, -0.15) is 0 Å². The van der Waals surface area contributed by atoms with Gasteiger partial charge in [-0.05, 0) is 12.3 Å². The first-order valence-electron chi connectivity index (χ1n) is 4.00. The normalized spacial score (nSPS) is 13.0. The highest BCUT2D eigenvalue weighted by Crippen LogP contribution is 2.01. The highest BCUT2D eigenvalue weighted by Gasteiger charge is 2.06. The Morgan fingerprint density at radius 1 is 1.55 bits per heavy atom. The maximum atomic E-state index is 10.4. The zero-order valence-corrected chi connectivity index (χ0v) is 7.34. The van der Waals surface area contributed by atoms with E-state index < -0.39 is 0 Å². The Bertz CT molecular complexity index is 121. The van der Waals surface area contributed by atoms with E-state index in [-0.39, 0.29) is 6.04 Å². The van der Waals surface area contributed by atoms with Crippen LogP contribution in [0.2, 0.25) is 0 Å². The zero-order chi connectivity index (χ0) is 8.69. The Morgan fingerprint density at radius 2 is 2.18 bits per heavy atom. The molecular weight excluding hydrogens is 138 g/mol. The number of carbonyl (C=O) groups excluding carboxylic acids is 1. The fraction of sp³-hybridized carbons (Fsp3) is 0.667. The van der Waals surface area contributed by atoms with E-state index in [9.17, 15) is 4.79 Å². The first-order chi connectivity index (χ1) is 5.20. The van der Waals surface area contributed by atoms with Crippen LogP contribution in [0.15, 0.2) is 12.7 Å². The average molecular weight is 155 g/mol. The number of hydrogen-bond acceptors (Lipinski definition) is 2.